The zero-order valence-electron chi connectivity index (χ0n) is 20.0. The van der Waals surface area contributed by atoms with Gasteiger partial charge in [-0.2, -0.15) is 4.98 Å². The molecule has 180 valence electrons. The van der Waals surface area contributed by atoms with E-state index >= 15 is 0 Å². The van der Waals surface area contributed by atoms with E-state index in [1.54, 1.807) is 6.07 Å². The Bertz CT molecular complexity index is 579. The Morgan fingerprint density at radius 2 is 1.39 bits per heavy atom. The first-order chi connectivity index (χ1) is 15.1. The maximum atomic E-state index is 11.2. The molecule has 0 aromatic carbocycles. The first-order valence-electron chi connectivity index (χ1n) is 12.8. The van der Waals surface area contributed by atoms with Gasteiger partial charge in [0.15, 0.2) is 6.23 Å². The lowest BCUT2D eigenvalue weighted by molar-refractivity contribution is -0.0155. The normalized spacial score (nSPS) is 13.3. The molecule has 0 bridgehead atoms. The van der Waals surface area contributed by atoms with Gasteiger partial charge in [-0.05, 0) is 19.4 Å². The third kappa shape index (κ3) is 16.0. The number of aromatic nitrogens is 2. The van der Waals surface area contributed by atoms with Crippen LogP contribution in [0.3, 0.4) is 0 Å². The Morgan fingerprint density at radius 1 is 0.903 bits per heavy atom. The van der Waals surface area contributed by atoms with Gasteiger partial charge in [0, 0.05) is 12.8 Å². The van der Waals surface area contributed by atoms with E-state index in [2.05, 4.69) is 22.2 Å². The van der Waals surface area contributed by atoms with E-state index in [9.17, 15) is 9.90 Å². The van der Waals surface area contributed by atoms with Gasteiger partial charge in [-0.15, -0.1) is 0 Å². The highest BCUT2D eigenvalue weighted by Gasteiger charge is 2.14. The van der Waals surface area contributed by atoms with Crippen molar-refractivity contribution in [1.29, 1.82) is 0 Å². The molecule has 1 heterocycles. The van der Waals surface area contributed by atoms with Gasteiger partial charge in [0.2, 0.25) is 0 Å². The van der Waals surface area contributed by atoms with Crippen LogP contribution in [0.1, 0.15) is 117 Å². The van der Waals surface area contributed by atoms with Gasteiger partial charge in [-0.1, -0.05) is 103 Å². The van der Waals surface area contributed by atoms with E-state index < -0.39 is 11.9 Å². The van der Waals surface area contributed by atoms with Crippen LogP contribution in [-0.2, 0) is 4.74 Å². The van der Waals surface area contributed by atoms with Crippen LogP contribution in [0.5, 0.6) is 0 Å². The number of anilines is 1. The molecular weight excluding hydrogens is 390 g/mol. The molecule has 3 N–H and O–H groups in total. The third-order valence-electron chi connectivity index (χ3n) is 5.79. The summed E-state index contributed by atoms with van der Waals surface area (Å²) in [6.45, 7) is 4.73. The predicted molar refractivity (Wildman–Crippen MR) is 129 cm³/mol. The van der Waals surface area contributed by atoms with Gasteiger partial charge in [0.1, 0.15) is 5.82 Å². The number of rotatable bonds is 21. The van der Waals surface area contributed by atoms with Crippen LogP contribution in [0.2, 0.25) is 0 Å². The minimum atomic E-state index is -0.893. The molecule has 1 aromatic rings. The van der Waals surface area contributed by atoms with E-state index in [4.69, 9.17) is 4.74 Å². The standard InChI is InChI=1S/C25H47N3O3/c1-3-4-5-6-7-8-9-10-11-12-13-14-15-16-17-18-21-31-22(2)24(29)27-23-19-20-26-25(30)28-23/h19-20,22,24,29H,3-18,21H2,1-2H3,(H2,26,27,28,30). The molecule has 1 aromatic heterocycles. The minimum absolute atomic E-state index is 0.342. The van der Waals surface area contributed by atoms with E-state index in [1.807, 2.05) is 6.92 Å². The fourth-order valence-electron chi connectivity index (χ4n) is 3.73. The molecule has 0 fully saturated rings. The molecule has 0 saturated carbocycles. The van der Waals surface area contributed by atoms with Crippen molar-refractivity contribution in [3.63, 3.8) is 0 Å². The van der Waals surface area contributed by atoms with Crippen LogP contribution in [-0.4, -0.2) is 34.0 Å². The molecule has 0 amide bonds. The first kappa shape index (κ1) is 27.6. The van der Waals surface area contributed by atoms with Gasteiger partial charge in [-0.3, -0.25) is 0 Å². The molecule has 0 radical (unpaired) electrons. The number of hydrogen-bond donors (Lipinski definition) is 3. The second-order valence-corrected chi connectivity index (χ2v) is 8.75. The second-order valence-electron chi connectivity index (χ2n) is 8.75. The first-order valence-corrected chi connectivity index (χ1v) is 12.8. The summed E-state index contributed by atoms with van der Waals surface area (Å²) >= 11 is 0. The molecule has 31 heavy (non-hydrogen) atoms. The molecule has 2 atom stereocenters. The van der Waals surface area contributed by atoms with Gasteiger partial charge in [-0.25, -0.2) is 4.79 Å². The van der Waals surface area contributed by atoms with Crippen LogP contribution in [0.15, 0.2) is 17.1 Å². The van der Waals surface area contributed by atoms with E-state index in [0.717, 1.165) is 6.42 Å². The van der Waals surface area contributed by atoms with Gasteiger partial charge >= 0.3 is 5.69 Å². The van der Waals surface area contributed by atoms with Gasteiger partial charge in [0.25, 0.3) is 0 Å². The molecule has 0 aliphatic heterocycles. The lowest BCUT2D eigenvalue weighted by Gasteiger charge is -2.20. The zero-order valence-corrected chi connectivity index (χ0v) is 20.0. The number of unbranched alkanes of at least 4 members (excludes halogenated alkanes) is 15. The predicted octanol–water partition coefficient (Wildman–Crippen LogP) is 6.17. The van der Waals surface area contributed by atoms with Crippen molar-refractivity contribution in [2.75, 3.05) is 11.9 Å². The number of nitrogens with one attached hydrogen (secondary N) is 2. The minimum Gasteiger partial charge on any atom is -0.374 e. The van der Waals surface area contributed by atoms with E-state index in [1.165, 1.54) is 103 Å². The van der Waals surface area contributed by atoms with Crippen LogP contribution >= 0.6 is 0 Å². The quantitative estimate of drug-likeness (QED) is 0.158. The van der Waals surface area contributed by atoms with Crippen LogP contribution in [0, 0.1) is 0 Å². The number of aliphatic hydroxyl groups is 1. The van der Waals surface area contributed by atoms with E-state index in [-0.39, 0.29) is 6.10 Å². The molecule has 0 spiro atoms. The number of aliphatic hydroxyl groups excluding tert-OH is 1. The summed E-state index contributed by atoms with van der Waals surface area (Å²) in [5.74, 6) is 0.342. The highest BCUT2D eigenvalue weighted by atomic mass is 16.5. The van der Waals surface area contributed by atoms with Crippen molar-refractivity contribution in [2.24, 2.45) is 0 Å². The summed E-state index contributed by atoms with van der Waals surface area (Å²) in [6.07, 6.45) is 21.8. The largest absolute Gasteiger partial charge is 0.374 e. The lowest BCUT2D eigenvalue weighted by atomic mass is 10.0. The zero-order chi connectivity index (χ0) is 22.6. The lowest BCUT2D eigenvalue weighted by Crippen LogP contribution is -2.34. The van der Waals surface area contributed by atoms with Gasteiger partial charge in [0.05, 0.1) is 6.10 Å². The fourth-order valence-corrected chi connectivity index (χ4v) is 3.73. The van der Waals surface area contributed by atoms with Gasteiger partial charge < -0.3 is 20.1 Å². The number of nitrogens with zero attached hydrogens (tertiary/aromatic N) is 1. The number of ether oxygens (including phenoxy) is 1. The second kappa shape index (κ2) is 19.3. The van der Waals surface area contributed by atoms with Crippen LogP contribution in [0.25, 0.3) is 0 Å². The van der Waals surface area contributed by atoms with Crippen molar-refractivity contribution in [3.8, 4) is 0 Å². The number of H-pyrrole nitrogens is 1. The monoisotopic (exact) mass is 437 g/mol. The summed E-state index contributed by atoms with van der Waals surface area (Å²) in [6, 6.07) is 1.60. The smallest absolute Gasteiger partial charge is 0.346 e. The molecule has 6 heteroatoms. The maximum absolute atomic E-state index is 11.2. The van der Waals surface area contributed by atoms with Crippen molar-refractivity contribution in [1.82, 2.24) is 9.97 Å². The highest BCUT2D eigenvalue weighted by Crippen LogP contribution is 2.14. The summed E-state index contributed by atoms with van der Waals surface area (Å²) in [5.41, 5.74) is -0.445. The average molecular weight is 438 g/mol. The molecule has 6 nitrogen and oxygen atoms in total. The topological polar surface area (TPSA) is 87.2 Å². The molecular formula is C25H47N3O3. The van der Waals surface area contributed by atoms with Crippen molar-refractivity contribution in [3.05, 3.63) is 22.7 Å². The summed E-state index contributed by atoms with van der Waals surface area (Å²) in [4.78, 5) is 17.3. The highest BCUT2D eigenvalue weighted by molar-refractivity contribution is 5.32. The molecule has 0 aliphatic carbocycles. The van der Waals surface area contributed by atoms with E-state index in [0.29, 0.717) is 12.4 Å². The van der Waals surface area contributed by atoms with Crippen LogP contribution in [0.4, 0.5) is 5.82 Å². The number of hydrogen-bond acceptors (Lipinski definition) is 5. The Kier molecular flexibility index (Phi) is 17.2. The molecule has 0 aliphatic rings. The van der Waals surface area contributed by atoms with Crippen molar-refractivity contribution in [2.45, 2.75) is 129 Å². The number of aromatic amines is 1. The Hall–Kier alpha value is -1.40. The molecule has 0 saturated heterocycles. The van der Waals surface area contributed by atoms with Crippen molar-refractivity contribution >= 4 is 5.82 Å². The van der Waals surface area contributed by atoms with Crippen LogP contribution < -0.4 is 11.0 Å². The summed E-state index contributed by atoms with van der Waals surface area (Å²) < 4.78 is 5.70. The molecule has 2 unspecified atom stereocenters. The SMILES string of the molecule is CCCCCCCCCCCCCCCCCCOC(C)C(O)Nc1cc[nH]c(=O)n1. The molecule has 1 rings (SSSR count). The summed E-state index contributed by atoms with van der Waals surface area (Å²) in [5, 5.41) is 12.9. The summed E-state index contributed by atoms with van der Waals surface area (Å²) in [7, 11) is 0. The maximum Gasteiger partial charge on any atom is 0.346 e. The fraction of sp³-hybridized carbons (Fsp3) is 0.840. The average Bonchev–Trinajstić information content (AvgIpc) is 2.75. The Balaban J connectivity index is 1.84. The van der Waals surface area contributed by atoms with Crippen molar-refractivity contribution < 1.29 is 9.84 Å². The Morgan fingerprint density at radius 3 is 1.87 bits per heavy atom. The third-order valence-corrected chi connectivity index (χ3v) is 5.79. The Labute approximate surface area is 189 Å².